The normalized spacial score (nSPS) is 18.3. The number of esters is 1. The van der Waals surface area contributed by atoms with Crippen molar-refractivity contribution in [2.24, 2.45) is 0 Å². The minimum absolute atomic E-state index is 0.0162. The first-order valence-electron chi connectivity index (χ1n) is 9.82. The average Bonchev–Trinajstić information content (AvgIpc) is 3.06. The summed E-state index contributed by atoms with van der Waals surface area (Å²) in [5, 5.41) is 0. The van der Waals surface area contributed by atoms with Gasteiger partial charge in [-0.1, -0.05) is 19.9 Å². The van der Waals surface area contributed by atoms with Crippen molar-refractivity contribution in [3.8, 4) is 0 Å². The quantitative estimate of drug-likeness (QED) is 0.503. The maximum Gasteiger partial charge on any atom is 0.338 e. The number of amides is 1. The summed E-state index contributed by atoms with van der Waals surface area (Å²) in [5.41, 5.74) is 0.0162. The Morgan fingerprint density at radius 2 is 1.80 bits per heavy atom. The van der Waals surface area contributed by atoms with Crippen LogP contribution in [0.2, 0.25) is 0 Å². The smallest absolute Gasteiger partial charge is 0.338 e. The summed E-state index contributed by atoms with van der Waals surface area (Å²) < 4.78 is 54.9. The second kappa shape index (κ2) is 9.88. The molecule has 1 atom stereocenters. The van der Waals surface area contributed by atoms with E-state index in [0.717, 1.165) is 0 Å². The van der Waals surface area contributed by atoms with Crippen LogP contribution in [0.3, 0.4) is 0 Å². The summed E-state index contributed by atoms with van der Waals surface area (Å²) in [6, 6.07) is 5.05. The molecule has 0 aliphatic carbocycles. The molecule has 1 saturated heterocycles. The molecular weight excluding hydrogens is 432 g/mol. The molecule has 0 N–H and O–H groups in total. The maximum atomic E-state index is 12.6. The molecule has 1 aliphatic rings. The second-order valence-electron chi connectivity index (χ2n) is 6.93. The number of sulfonamides is 1. The Balaban J connectivity index is 2.07. The molecular formula is C19H28N2O7S2. The monoisotopic (exact) mass is 460 g/mol. The molecule has 0 spiro atoms. The Bertz CT molecular complexity index is 986. The van der Waals surface area contributed by atoms with Crippen LogP contribution < -0.4 is 0 Å². The Labute approximate surface area is 178 Å². The first-order valence-corrected chi connectivity index (χ1v) is 13.1. The summed E-state index contributed by atoms with van der Waals surface area (Å²) >= 11 is 0. The fourth-order valence-electron chi connectivity index (χ4n) is 3.45. The number of hydrogen-bond acceptors (Lipinski definition) is 7. The van der Waals surface area contributed by atoms with Crippen molar-refractivity contribution in [2.45, 2.75) is 38.1 Å². The summed E-state index contributed by atoms with van der Waals surface area (Å²) in [6.45, 7) is 5.52. The molecule has 1 heterocycles. The van der Waals surface area contributed by atoms with Gasteiger partial charge in [0.15, 0.2) is 16.4 Å². The number of nitrogens with zero attached hydrogens (tertiary/aromatic N) is 2. The van der Waals surface area contributed by atoms with Crippen LogP contribution in [0.5, 0.6) is 0 Å². The van der Waals surface area contributed by atoms with Gasteiger partial charge in [-0.15, -0.1) is 0 Å². The zero-order valence-electron chi connectivity index (χ0n) is 17.4. The summed E-state index contributed by atoms with van der Waals surface area (Å²) in [4.78, 5) is 26.2. The predicted octanol–water partition coefficient (Wildman–Crippen LogP) is 0.910. The first kappa shape index (κ1) is 24.3. The third kappa shape index (κ3) is 5.58. The van der Waals surface area contributed by atoms with E-state index in [2.05, 4.69) is 0 Å². The Kier molecular flexibility index (Phi) is 8.00. The van der Waals surface area contributed by atoms with E-state index in [0.29, 0.717) is 26.1 Å². The molecule has 1 fully saturated rings. The van der Waals surface area contributed by atoms with Gasteiger partial charge in [-0.3, -0.25) is 4.79 Å². The summed E-state index contributed by atoms with van der Waals surface area (Å²) in [7, 11) is -6.89. The van der Waals surface area contributed by atoms with Crippen molar-refractivity contribution >= 4 is 31.7 Å². The Morgan fingerprint density at radius 1 is 1.13 bits per heavy atom. The lowest BCUT2D eigenvalue weighted by Crippen LogP contribution is -2.43. The zero-order chi connectivity index (χ0) is 22.5. The van der Waals surface area contributed by atoms with E-state index in [9.17, 15) is 26.4 Å². The van der Waals surface area contributed by atoms with Crippen LogP contribution in [-0.4, -0.2) is 81.7 Å². The standard InChI is InChI=1S/C19H28N2O7S2/c1-4-20(5-2)30(26,27)17-9-7-8-15(12-17)19(23)28-13-18(22)21(6-3)16-10-11-29(24,25)14-16/h7-9,12,16H,4-6,10-11,13-14H2,1-3H3/t16-/m0/s1. The number of benzene rings is 1. The molecule has 0 aromatic heterocycles. The van der Waals surface area contributed by atoms with Gasteiger partial charge in [-0.25, -0.2) is 21.6 Å². The van der Waals surface area contributed by atoms with Gasteiger partial charge in [0.2, 0.25) is 10.0 Å². The van der Waals surface area contributed by atoms with E-state index in [1.165, 1.54) is 33.5 Å². The number of likely N-dealkylation sites (N-methyl/N-ethyl adjacent to an activating group) is 1. The predicted molar refractivity (Wildman–Crippen MR) is 111 cm³/mol. The van der Waals surface area contributed by atoms with Crippen molar-refractivity contribution in [3.63, 3.8) is 0 Å². The topological polar surface area (TPSA) is 118 Å². The lowest BCUT2D eigenvalue weighted by Gasteiger charge is -2.26. The Morgan fingerprint density at radius 3 is 2.33 bits per heavy atom. The SMILES string of the molecule is CCN(C(=O)COC(=O)c1cccc(S(=O)(=O)N(CC)CC)c1)[C@H]1CCS(=O)(=O)C1. The Hall–Kier alpha value is -1.98. The number of hydrogen-bond donors (Lipinski definition) is 0. The second-order valence-corrected chi connectivity index (χ2v) is 11.1. The van der Waals surface area contributed by atoms with Crippen LogP contribution in [-0.2, 0) is 29.4 Å². The van der Waals surface area contributed by atoms with Gasteiger partial charge in [0.1, 0.15) is 0 Å². The number of ether oxygens (including phenoxy) is 1. The van der Waals surface area contributed by atoms with Crippen molar-refractivity contribution < 1.29 is 31.2 Å². The highest BCUT2D eigenvalue weighted by atomic mass is 32.2. The van der Waals surface area contributed by atoms with Gasteiger partial charge in [0, 0.05) is 25.7 Å². The van der Waals surface area contributed by atoms with E-state index in [1.54, 1.807) is 20.8 Å². The van der Waals surface area contributed by atoms with E-state index < -0.39 is 44.4 Å². The van der Waals surface area contributed by atoms with Gasteiger partial charge in [0.25, 0.3) is 5.91 Å². The van der Waals surface area contributed by atoms with Gasteiger partial charge < -0.3 is 9.64 Å². The molecule has 0 bridgehead atoms. The van der Waals surface area contributed by atoms with Crippen molar-refractivity contribution in [1.29, 1.82) is 0 Å². The zero-order valence-corrected chi connectivity index (χ0v) is 19.0. The molecule has 0 unspecified atom stereocenters. The van der Waals surface area contributed by atoms with Crippen LogP contribution in [0.15, 0.2) is 29.2 Å². The fraction of sp³-hybridized carbons (Fsp3) is 0.579. The molecule has 1 aromatic carbocycles. The molecule has 1 aromatic rings. The van der Waals surface area contributed by atoms with Gasteiger partial charge in [-0.05, 0) is 31.5 Å². The van der Waals surface area contributed by atoms with E-state index in [1.807, 2.05) is 0 Å². The number of sulfone groups is 1. The van der Waals surface area contributed by atoms with Crippen LogP contribution in [0.1, 0.15) is 37.6 Å². The minimum atomic E-state index is -3.73. The highest BCUT2D eigenvalue weighted by Crippen LogP contribution is 2.19. The molecule has 1 amide bonds. The highest BCUT2D eigenvalue weighted by Gasteiger charge is 2.34. The lowest BCUT2D eigenvalue weighted by atomic mass is 10.2. The number of carbonyl (C=O) groups is 2. The number of carbonyl (C=O) groups excluding carboxylic acids is 2. The van der Waals surface area contributed by atoms with Crippen LogP contribution >= 0.6 is 0 Å². The molecule has 9 nitrogen and oxygen atoms in total. The van der Waals surface area contributed by atoms with Crippen LogP contribution in [0, 0.1) is 0 Å². The van der Waals surface area contributed by atoms with E-state index in [4.69, 9.17) is 4.74 Å². The fourth-order valence-corrected chi connectivity index (χ4v) is 6.68. The average molecular weight is 461 g/mol. The van der Waals surface area contributed by atoms with Gasteiger partial charge in [0.05, 0.1) is 22.0 Å². The third-order valence-corrected chi connectivity index (χ3v) is 8.85. The van der Waals surface area contributed by atoms with Crippen molar-refractivity contribution in [3.05, 3.63) is 29.8 Å². The van der Waals surface area contributed by atoms with E-state index in [-0.39, 0.29) is 22.0 Å². The van der Waals surface area contributed by atoms with Crippen molar-refractivity contribution in [2.75, 3.05) is 37.7 Å². The van der Waals surface area contributed by atoms with Crippen LogP contribution in [0.4, 0.5) is 0 Å². The van der Waals surface area contributed by atoms with Crippen molar-refractivity contribution in [1.82, 2.24) is 9.21 Å². The minimum Gasteiger partial charge on any atom is -0.452 e. The molecule has 11 heteroatoms. The van der Waals surface area contributed by atoms with Crippen LogP contribution in [0.25, 0.3) is 0 Å². The first-order chi connectivity index (χ1) is 14.1. The molecule has 2 rings (SSSR count). The van der Waals surface area contributed by atoms with Gasteiger partial charge in [-0.2, -0.15) is 4.31 Å². The maximum absolute atomic E-state index is 12.6. The third-order valence-electron chi connectivity index (χ3n) is 5.05. The largest absolute Gasteiger partial charge is 0.452 e. The highest BCUT2D eigenvalue weighted by molar-refractivity contribution is 7.91. The lowest BCUT2D eigenvalue weighted by molar-refractivity contribution is -0.136. The summed E-state index contributed by atoms with van der Waals surface area (Å²) in [5.74, 6) is -1.37. The molecule has 0 saturated carbocycles. The molecule has 1 aliphatic heterocycles. The van der Waals surface area contributed by atoms with Gasteiger partial charge >= 0.3 is 5.97 Å². The molecule has 0 radical (unpaired) electrons. The van der Waals surface area contributed by atoms with E-state index >= 15 is 0 Å². The number of rotatable bonds is 9. The summed E-state index contributed by atoms with van der Waals surface area (Å²) in [6.07, 6.45) is 0.362. The molecule has 168 valence electrons. The molecule has 30 heavy (non-hydrogen) atoms.